The van der Waals surface area contributed by atoms with Gasteiger partial charge in [0.1, 0.15) is 5.75 Å². The van der Waals surface area contributed by atoms with Crippen molar-refractivity contribution in [3.63, 3.8) is 0 Å². The summed E-state index contributed by atoms with van der Waals surface area (Å²) in [5, 5.41) is 17.7. The van der Waals surface area contributed by atoms with Gasteiger partial charge in [-0.05, 0) is 38.1 Å². The molecule has 1 aromatic carbocycles. The Morgan fingerprint density at radius 2 is 2.00 bits per heavy atom. The van der Waals surface area contributed by atoms with E-state index in [4.69, 9.17) is 10.4 Å². The fourth-order valence-corrected chi connectivity index (χ4v) is 1.40. The fraction of sp³-hybridized carbons (Fsp3) is 0.417. The predicted octanol–water partition coefficient (Wildman–Crippen LogP) is 1.78. The molecule has 0 aromatic heterocycles. The summed E-state index contributed by atoms with van der Waals surface area (Å²) in [4.78, 5) is 2.01. The van der Waals surface area contributed by atoms with Crippen LogP contribution in [-0.4, -0.2) is 29.6 Å². The largest absolute Gasteiger partial charge is 0.508 e. The molecule has 1 aromatic rings. The van der Waals surface area contributed by atoms with Crippen LogP contribution in [0.1, 0.15) is 12.5 Å². The molecule has 80 valence electrons. The minimum atomic E-state index is 0.289. The third-order valence-electron chi connectivity index (χ3n) is 2.54. The molecule has 15 heavy (non-hydrogen) atoms. The quantitative estimate of drug-likeness (QED) is 0.760. The van der Waals surface area contributed by atoms with Gasteiger partial charge in [0.05, 0.1) is 12.6 Å². The van der Waals surface area contributed by atoms with E-state index in [0.29, 0.717) is 12.6 Å². The van der Waals surface area contributed by atoms with Gasteiger partial charge in [-0.15, -0.1) is 0 Å². The van der Waals surface area contributed by atoms with E-state index < -0.39 is 0 Å². The van der Waals surface area contributed by atoms with E-state index >= 15 is 0 Å². The summed E-state index contributed by atoms with van der Waals surface area (Å²) in [6.07, 6.45) is 0.887. The van der Waals surface area contributed by atoms with E-state index in [1.165, 1.54) is 5.56 Å². The highest BCUT2D eigenvalue weighted by Crippen LogP contribution is 2.12. The average Bonchev–Trinajstić information content (AvgIpc) is 2.22. The van der Waals surface area contributed by atoms with E-state index in [-0.39, 0.29) is 5.75 Å². The highest BCUT2D eigenvalue weighted by atomic mass is 16.3. The molecule has 3 nitrogen and oxygen atoms in total. The number of hydrogen-bond acceptors (Lipinski definition) is 3. The summed E-state index contributed by atoms with van der Waals surface area (Å²) in [6, 6.07) is 9.65. The normalized spacial score (nSPS) is 12.4. The molecule has 1 N–H and O–H groups in total. The number of rotatable bonds is 4. The molecule has 1 atom stereocenters. The molecule has 0 spiro atoms. The first-order valence-electron chi connectivity index (χ1n) is 4.98. The minimum absolute atomic E-state index is 0.289. The lowest BCUT2D eigenvalue weighted by molar-refractivity contribution is 0.286. The van der Waals surface area contributed by atoms with Gasteiger partial charge in [-0.2, -0.15) is 5.26 Å². The van der Waals surface area contributed by atoms with Crippen LogP contribution in [0.15, 0.2) is 24.3 Å². The van der Waals surface area contributed by atoms with Gasteiger partial charge in [0.15, 0.2) is 0 Å². The Kier molecular flexibility index (Phi) is 4.14. The van der Waals surface area contributed by atoms with Crippen molar-refractivity contribution in [1.82, 2.24) is 4.90 Å². The summed E-state index contributed by atoms with van der Waals surface area (Å²) < 4.78 is 0. The van der Waals surface area contributed by atoms with Gasteiger partial charge in [0.25, 0.3) is 0 Å². The summed E-state index contributed by atoms with van der Waals surface area (Å²) in [6.45, 7) is 2.53. The zero-order valence-electron chi connectivity index (χ0n) is 9.14. The van der Waals surface area contributed by atoms with Crippen LogP contribution in [0.2, 0.25) is 0 Å². The molecule has 0 aliphatic rings. The van der Waals surface area contributed by atoms with Crippen LogP contribution in [0.5, 0.6) is 5.75 Å². The minimum Gasteiger partial charge on any atom is -0.508 e. The van der Waals surface area contributed by atoms with E-state index in [1.54, 1.807) is 12.1 Å². The lowest BCUT2D eigenvalue weighted by atomic mass is 10.1. The molecule has 0 amide bonds. The van der Waals surface area contributed by atoms with E-state index in [2.05, 4.69) is 13.0 Å². The first kappa shape index (κ1) is 11.5. The van der Waals surface area contributed by atoms with Crippen molar-refractivity contribution in [2.75, 3.05) is 13.6 Å². The Labute approximate surface area is 90.6 Å². The standard InChI is InChI=1S/C12H16N2O/c1-10(14(2)8-7-13)9-11-3-5-12(15)6-4-11/h3-6,10,15H,8-9H2,1-2H3. The number of phenolic OH excluding ortho intramolecular Hbond substituents is 1. The second kappa shape index (κ2) is 5.38. The molecule has 3 heteroatoms. The van der Waals surface area contributed by atoms with Crippen LogP contribution in [0.25, 0.3) is 0 Å². The van der Waals surface area contributed by atoms with E-state index in [1.807, 2.05) is 24.1 Å². The number of aromatic hydroxyl groups is 1. The highest BCUT2D eigenvalue weighted by Gasteiger charge is 2.08. The maximum absolute atomic E-state index is 9.13. The third kappa shape index (κ3) is 3.61. The molecule has 0 saturated carbocycles. The van der Waals surface area contributed by atoms with Gasteiger partial charge >= 0.3 is 0 Å². The number of benzene rings is 1. The smallest absolute Gasteiger partial charge is 0.115 e. The Morgan fingerprint density at radius 3 is 2.53 bits per heavy atom. The van der Waals surface area contributed by atoms with Crippen molar-refractivity contribution in [2.24, 2.45) is 0 Å². The molecular formula is C12H16N2O. The van der Waals surface area contributed by atoms with Crippen LogP contribution in [0.4, 0.5) is 0 Å². The first-order chi connectivity index (χ1) is 7.13. The molecule has 0 aliphatic heterocycles. The zero-order chi connectivity index (χ0) is 11.3. The van der Waals surface area contributed by atoms with Crippen molar-refractivity contribution in [3.05, 3.63) is 29.8 Å². The van der Waals surface area contributed by atoms with Gasteiger partial charge < -0.3 is 5.11 Å². The van der Waals surface area contributed by atoms with E-state index in [0.717, 1.165) is 6.42 Å². The summed E-state index contributed by atoms with van der Waals surface area (Å²) >= 11 is 0. The summed E-state index contributed by atoms with van der Waals surface area (Å²) in [5.41, 5.74) is 1.17. The topological polar surface area (TPSA) is 47.3 Å². The second-order valence-corrected chi connectivity index (χ2v) is 3.79. The van der Waals surface area contributed by atoms with Crippen LogP contribution < -0.4 is 0 Å². The molecule has 1 rings (SSSR count). The molecule has 0 saturated heterocycles. The van der Waals surface area contributed by atoms with Crippen molar-refractivity contribution in [2.45, 2.75) is 19.4 Å². The molecule has 1 unspecified atom stereocenters. The van der Waals surface area contributed by atoms with Gasteiger partial charge in [0, 0.05) is 6.04 Å². The molecule has 0 fully saturated rings. The van der Waals surface area contributed by atoms with E-state index in [9.17, 15) is 0 Å². The number of nitriles is 1. The lowest BCUT2D eigenvalue weighted by Crippen LogP contribution is -2.31. The lowest BCUT2D eigenvalue weighted by Gasteiger charge is -2.21. The van der Waals surface area contributed by atoms with Crippen LogP contribution in [0.3, 0.4) is 0 Å². The Balaban J connectivity index is 2.55. The van der Waals surface area contributed by atoms with Crippen LogP contribution in [0, 0.1) is 11.3 Å². The van der Waals surface area contributed by atoms with Gasteiger partial charge in [-0.25, -0.2) is 0 Å². The van der Waals surface area contributed by atoms with Crippen molar-refractivity contribution >= 4 is 0 Å². The van der Waals surface area contributed by atoms with Crippen LogP contribution in [-0.2, 0) is 6.42 Å². The zero-order valence-corrected chi connectivity index (χ0v) is 9.14. The summed E-state index contributed by atoms with van der Waals surface area (Å²) in [7, 11) is 1.94. The average molecular weight is 204 g/mol. The Bertz CT molecular complexity index is 340. The monoisotopic (exact) mass is 204 g/mol. The molecule has 0 heterocycles. The maximum Gasteiger partial charge on any atom is 0.115 e. The fourth-order valence-electron chi connectivity index (χ4n) is 1.40. The number of hydrogen-bond donors (Lipinski definition) is 1. The number of nitrogens with zero attached hydrogens (tertiary/aromatic N) is 2. The maximum atomic E-state index is 9.13. The summed E-state index contributed by atoms with van der Waals surface area (Å²) in [5.74, 6) is 0.289. The Hall–Kier alpha value is -1.53. The molecular weight excluding hydrogens is 188 g/mol. The van der Waals surface area contributed by atoms with Crippen molar-refractivity contribution < 1.29 is 5.11 Å². The number of likely N-dealkylation sites (N-methyl/N-ethyl adjacent to an activating group) is 1. The van der Waals surface area contributed by atoms with Crippen molar-refractivity contribution in [3.8, 4) is 11.8 Å². The van der Waals surface area contributed by atoms with Gasteiger partial charge in [-0.3, -0.25) is 4.90 Å². The SMILES string of the molecule is CC(Cc1ccc(O)cc1)N(C)CC#N. The van der Waals surface area contributed by atoms with Crippen LogP contribution >= 0.6 is 0 Å². The predicted molar refractivity (Wildman–Crippen MR) is 59.5 cm³/mol. The first-order valence-corrected chi connectivity index (χ1v) is 4.98. The molecule has 0 bridgehead atoms. The van der Waals surface area contributed by atoms with Gasteiger partial charge in [-0.1, -0.05) is 12.1 Å². The number of phenols is 1. The third-order valence-corrected chi connectivity index (χ3v) is 2.54. The highest BCUT2D eigenvalue weighted by molar-refractivity contribution is 5.26. The second-order valence-electron chi connectivity index (χ2n) is 3.79. The Morgan fingerprint density at radius 1 is 1.40 bits per heavy atom. The molecule has 0 aliphatic carbocycles. The molecule has 0 radical (unpaired) electrons. The van der Waals surface area contributed by atoms with Crippen molar-refractivity contribution in [1.29, 1.82) is 5.26 Å². The van der Waals surface area contributed by atoms with Gasteiger partial charge in [0.2, 0.25) is 0 Å².